The third-order valence-electron chi connectivity index (χ3n) is 3.86. The van der Waals surface area contributed by atoms with Crippen molar-refractivity contribution in [3.05, 3.63) is 27.7 Å². The highest BCUT2D eigenvalue weighted by molar-refractivity contribution is 9.10. The fourth-order valence-electron chi connectivity index (χ4n) is 2.78. The lowest BCUT2D eigenvalue weighted by atomic mass is 9.97. The molecular weight excluding hydrogens is 318 g/mol. The molecule has 1 heterocycles. The second-order valence-electron chi connectivity index (χ2n) is 5.32. The van der Waals surface area contributed by atoms with Gasteiger partial charge in [0, 0.05) is 22.7 Å². The van der Waals surface area contributed by atoms with Gasteiger partial charge >= 0.3 is 0 Å². The van der Waals surface area contributed by atoms with Gasteiger partial charge in [-0.3, -0.25) is 0 Å². The molecule has 3 nitrogen and oxygen atoms in total. The molecule has 1 saturated heterocycles. The van der Waals surface area contributed by atoms with Crippen molar-refractivity contribution in [3.63, 3.8) is 0 Å². The predicted molar refractivity (Wildman–Crippen MR) is 85.4 cm³/mol. The molecule has 1 aliphatic rings. The largest absolute Gasteiger partial charge is 0.496 e. The molecule has 0 amide bonds. The Balaban J connectivity index is 2.24. The van der Waals surface area contributed by atoms with Gasteiger partial charge < -0.3 is 14.8 Å². The highest BCUT2D eigenvalue weighted by Crippen LogP contribution is 2.34. The zero-order valence-corrected chi connectivity index (χ0v) is 14.1. The molecule has 0 saturated carbocycles. The van der Waals surface area contributed by atoms with E-state index in [0.717, 1.165) is 36.2 Å². The molecule has 1 N–H and O–H groups in total. The molecule has 0 aliphatic carbocycles. The van der Waals surface area contributed by atoms with Crippen LogP contribution < -0.4 is 10.1 Å². The quantitative estimate of drug-likeness (QED) is 0.848. The van der Waals surface area contributed by atoms with Gasteiger partial charge in [0.15, 0.2) is 0 Å². The highest BCUT2D eigenvalue weighted by atomic mass is 79.9. The van der Waals surface area contributed by atoms with Crippen LogP contribution in [0, 0.1) is 6.92 Å². The average molecular weight is 342 g/mol. The van der Waals surface area contributed by atoms with Crippen LogP contribution in [-0.4, -0.2) is 26.4 Å². The molecule has 0 bridgehead atoms. The van der Waals surface area contributed by atoms with Crippen LogP contribution in [0.15, 0.2) is 16.6 Å². The number of rotatable bonds is 6. The van der Waals surface area contributed by atoms with Gasteiger partial charge in [0.1, 0.15) is 5.75 Å². The number of aryl methyl sites for hydroxylation is 1. The molecule has 2 unspecified atom stereocenters. The maximum atomic E-state index is 5.79. The minimum Gasteiger partial charge on any atom is -0.496 e. The van der Waals surface area contributed by atoms with E-state index < -0.39 is 0 Å². The third-order valence-corrected chi connectivity index (χ3v) is 4.71. The Kier molecular flexibility index (Phi) is 5.87. The Bertz CT molecular complexity index is 444. The lowest BCUT2D eigenvalue weighted by Gasteiger charge is -2.24. The standard InChI is InChI=1S/C16H24BrNO2/c1-4-18-15(9-12-6-5-7-20-12)13-10-14(17)11(2)8-16(13)19-3/h8,10,12,15,18H,4-7,9H2,1-3H3. The molecule has 2 atom stereocenters. The van der Waals surface area contributed by atoms with Crippen LogP contribution in [0.4, 0.5) is 0 Å². The molecule has 1 aliphatic heterocycles. The van der Waals surface area contributed by atoms with Crippen molar-refractivity contribution >= 4 is 15.9 Å². The summed E-state index contributed by atoms with van der Waals surface area (Å²) >= 11 is 3.63. The van der Waals surface area contributed by atoms with Crippen molar-refractivity contribution < 1.29 is 9.47 Å². The van der Waals surface area contributed by atoms with Crippen molar-refractivity contribution in [2.24, 2.45) is 0 Å². The molecule has 2 rings (SSSR count). The summed E-state index contributed by atoms with van der Waals surface area (Å²) in [5.41, 5.74) is 2.40. The van der Waals surface area contributed by atoms with Crippen LogP contribution in [-0.2, 0) is 4.74 Å². The van der Waals surface area contributed by atoms with Crippen molar-refractivity contribution in [1.29, 1.82) is 0 Å². The zero-order valence-electron chi connectivity index (χ0n) is 12.5. The number of halogens is 1. The Morgan fingerprint density at radius 2 is 2.30 bits per heavy atom. The molecular formula is C16H24BrNO2. The molecule has 0 aromatic heterocycles. The summed E-state index contributed by atoms with van der Waals surface area (Å²) < 4.78 is 12.5. The summed E-state index contributed by atoms with van der Waals surface area (Å²) in [6.07, 6.45) is 3.71. The molecule has 1 aromatic carbocycles. The first-order valence-corrected chi connectivity index (χ1v) is 8.14. The van der Waals surface area contributed by atoms with Crippen LogP contribution in [0.1, 0.15) is 43.4 Å². The zero-order chi connectivity index (χ0) is 14.5. The topological polar surface area (TPSA) is 30.5 Å². The Labute approximate surface area is 130 Å². The summed E-state index contributed by atoms with van der Waals surface area (Å²) in [7, 11) is 1.74. The van der Waals surface area contributed by atoms with Gasteiger partial charge in [-0.25, -0.2) is 0 Å². The number of ether oxygens (including phenoxy) is 2. The van der Waals surface area contributed by atoms with Gasteiger partial charge in [0.25, 0.3) is 0 Å². The number of hydrogen-bond donors (Lipinski definition) is 1. The van der Waals surface area contributed by atoms with Gasteiger partial charge in [0.2, 0.25) is 0 Å². The maximum Gasteiger partial charge on any atom is 0.123 e. The van der Waals surface area contributed by atoms with E-state index >= 15 is 0 Å². The minimum absolute atomic E-state index is 0.273. The number of methoxy groups -OCH3 is 1. The Morgan fingerprint density at radius 3 is 2.90 bits per heavy atom. The summed E-state index contributed by atoms with van der Waals surface area (Å²) in [5, 5.41) is 3.57. The number of nitrogens with one attached hydrogen (secondary N) is 1. The van der Waals surface area contributed by atoms with Crippen molar-refractivity contribution in [2.75, 3.05) is 20.3 Å². The first-order valence-electron chi connectivity index (χ1n) is 7.34. The van der Waals surface area contributed by atoms with E-state index in [-0.39, 0.29) is 6.04 Å². The monoisotopic (exact) mass is 341 g/mol. The lowest BCUT2D eigenvalue weighted by Crippen LogP contribution is -2.25. The Hall–Kier alpha value is -0.580. The highest BCUT2D eigenvalue weighted by Gasteiger charge is 2.24. The molecule has 0 radical (unpaired) electrons. The average Bonchev–Trinajstić information content (AvgIpc) is 2.94. The fraction of sp³-hybridized carbons (Fsp3) is 0.625. The molecule has 112 valence electrons. The van der Waals surface area contributed by atoms with E-state index in [9.17, 15) is 0 Å². The van der Waals surface area contributed by atoms with E-state index in [1.807, 2.05) is 0 Å². The van der Waals surface area contributed by atoms with Crippen LogP contribution in [0.5, 0.6) is 5.75 Å². The summed E-state index contributed by atoms with van der Waals surface area (Å²) in [6.45, 7) is 6.06. The molecule has 0 spiro atoms. The lowest BCUT2D eigenvalue weighted by molar-refractivity contribution is 0.0945. The molecule has 20 heavy (non-hydrogen) atoms. The molecule has 4 heteroatoms. The van der Waals surface area contributed by atoms with Crippen LogP contribution >= 0.6 is 15.9 Å². The first kappa shape index (κ1) is 15.8. The minimum atomic E-state index is 0.273. The predicted octanol–water partition coefficient (Wildman–Crippen LogP) is 3.99. The van der Waals surface area contributed by atoms with Crippen LogP contribution in [0.2, 0.25) is 0 Å². The van der Waals surface area contributed by atoms with E-state index in [2.05, 4.69) is 47.2 Å². The smallest absolute Gasteiger partial charge is 0.123 e. The second kappa shape index (κ2) is 7.43. The Morgan fingerprint density at radius 1 is 1.50 bits per heavy atom. The van der Waals surface area contributed by atoms with Crippen LogP contribution in [0.25, 0.3) is 0 Å². The SMILES string of the molecule is CCNC(CC1CCCO1)c1cc(Br)c(C)cc1OC. The molecule has 1 fully saturated rings. The van der Waals surface area contributed by atoms with Crippen molar-refractivity contribution in [2.45, 2.75) is 45.3 Å². The van der Waals surface area contributed by atoms with E-state index in [4.69, 9.17) is 9.47 Å². The van der Waals surface area contributed by atoms with Crippen molar-refractivity contribution in [3.8, 4) is 5.75 Å². The van der Waals surface area contributed by atoms with Gasteiger partial charge in [-0.15, -0.1) is 0 Å². The summed E-state index contributed by atoms with van der Waals surface area (Å²) in [6, 6.07) is 4.55. The maximum absolute atomic E-state index is 5.79. The summed E-state index contributed by atoms with van der Waals surface area (Å²) in [5.74, 6) is 0.953. The van der Waals surface area contributed by atoms with Gasteiger partial charge in [-0.1, -0.05) is 22.9 Å². The third kappa shape index (κ3) is 3.74. The first-order chi connectivity index (χ1) is 9.65. The second-order valence-corrected chi connectivity index (χ2v) is 6.18. The van der Waals surface area contributed by atoms with Crippen molar-refractivity contribution in [1.82, 2.24) is 5.32 Å². The van der Waals surface area contributed by atoms with E-state index in [1.54, 1.807) is 7.11 Å². The summed E-state index contributed by atoms with van der Waals surface area (Å²) in [4.78, 5) is 0. The molecule has 1 aromatic rings. The van der Waals surface area contributed by atoms with Gasteiger partial charge in [-0.05, 0) is 50.4 Å². The number of hydrogen-bond acceptors (Lipinski definition) is 3. The van der Waals surface area contributed by atoms with Gasteiger partial charge in [-0.2, -0.15) is 0 Å². The van der Waals surface area contributed by atoms with E-state index in [1.165, 1.54) is 17.5 Å². The fourth-order valence-corrected chi connectivity index (χ4v) is 3.14. The van der Waals surface area contributed by atoms with Crippen LogP contribution in [0.3, 0.4) is 0 Å². The van der Waals surface area contributed by atoms with Gasteiger partial charge in [0.05, 0.1) is 13.2 Å². The normalized spacial score (nSPS) is 20.1. The number of benzene rings is 1. The van der Waals surface area contributed by atoms with E-state index in [0.29, 0.717) is 6.10 Å².